The lowest BCUT2D eigenvalue weighted by atomic mass is 10.3. The predicted molar refractivity (Wildman–Crippen MR) is 75.6 cm³/mol. The fraction of sp³-hybridized carbons (Fsp3) is 0.214. The van der Waals surface area contributed by atoms with E-state index in [0.717, 1.165) is 12.1 Å². The second-order valence-electron chi connectivity index (χ2n) is 4.11. The molecule has 1 aromatic carbocycles. The normalized spacial score (nSPS) is 10.4. The molecule has 1 heterocycles. The molecule has 21 heavy (non-hydrogen) atoms. The first kappa shape index (κ1) is 15.4. The van der Waals surface area contributed by atoms with Crippen molar-refractivity contribution in [2.45, 2.75) is 6.61 Å². The lowest BCUT2D eigenvalue weighted by Crippen LogP contribution is -2.24. The second kappa shape index (κ2) is 7.12. The lowest BCUT2D eigenvalue weighted by molar-refractivity contribution is 0.0924. The quantitative estimate of drug-likeness (QED) is 0.806. The van der Waals surface area contributed by atoms with Crippen molar-refractivity contribution in [3.05, 3.63) is 53.5 Å². The maximum Gasteiger partial charge on any atom is 0.287 e. The van der Waals surface area contributed by atoms with Crippen LogP contribution in [-0.2, 0) is 6.61 Å². The Bertz CT molecular complexity index is 630. The summed E-state index contributed by atoms with van der Waals surface area (Å²) in [6, 6.07) is 6.06. The van der Waals surface area contributed by atoms with Gasteiger partial charge >= 0.3 is 0 Å². The molecule has 0 unspecified atom stereocenters. The topological polar surface area (TPSA) is 51.5 Å². The minimum Gasteiger partial charge on any atom is -0.483 e. The Labute approximate surface area is 125 Å². The number of carbonyl (C=O) groups is 1. The summed E-state index contributed by atoms with van der Waals surface area (Å²) in [7, 11) is 0. The Hall–Kier alpha value is -2.02. The van der Waals surface area contributed by atoms with Crippen LogP contribution in [0.4, 0.5) is 8.78 Å². The number of thiol groups is 1. The molecule has 7 heteroatoms. The van der Waals surface area contributed by atoms with Crippen molar-refractivity contribution in [2.24, 2.45) is 0 Å². The van der Waals surface area contributed by atoms with E-state index in [1.54, 1.807) is 6.07 Å². The Kier molecular flexibility index (Phi) is 5.21. The fourth-order valence-electron chi connectivity index (χ4n) is 1.58. The molecule has 0 aliphatic carbocycles. The van der Waals surface area contributed by atoms with Gasteiger partial charge < -0.3 is 14.5 Å². The molecule has 1 N–H and O–H groups in total. The molecule has 0 radical (unpaired) electrons. The molecule has 0 saturated heterocycles. The van der Waals surface area contributed by atoms with Crippen LogP contribution in [0.25, 0.3) is 0 Å². The summed E-state index contributed by atoms with van der Waals surface area (Å²) in [5.74, 6) is -0.914. The van der Waals surface area contributed by atoms with E-state index in [1.807, 2.05) is 0 Å². The average Bonchev–Trinajstić information content (AvgIpc) is 2.93. The molecule has 0 atom stereocenters. The SMILES string of the molecule is O=C(NCCS)c1ccc(COc2ccc(F)cc2F)o1. The summed E-state index contributed by atoms with van der Waals surface area (Å²) in [4.78, 5) is 11.6. The first-order valence-electron chi connectivity index (χ1n) is 6.16. The molecule has 1 aromatic heterocycles. The molecular weight excluding hydrogens is 300 g/mol. The summed E-state index contributed by atoms with van der Waals surface area (Å²) < 4.78 is 36.5. The van der Waals surface area contributed by atoms with E-state index < -0.39 is 11.6 Å². The monoisotopic (exact) mass is 313 g/mol. The third kappa shape index (κ3) is 4.22. The molecular formula is C14H13F2NO3S. The van der Waals surface area contributed by atoms with E-state index in [9.17, 15) is 13.6 Å². The van der Waals surface area contributed by atoms with Gasteiger partial charge in [0.2, 0.25) is 0 Å². The van der Waals surface area contributed by atoms with Crippen LogP contribution in [0.15, 0.2) is 34.7 Å². The number of nitrogens with one attached hydrogen (secondary N) is 1. The van der Waals surface area contributed by atoms with Crippen molar-refractivity contribution in [1.29, 1.82) is 0 Å². The molecule has 2 rings (SSSR count). The minimum absolute atomic E-state index is 0.0671. The number of hydrogen-bond acceptors (Lipinski definition) is 4. The van der Waals surface area contributed by atoms with Crippen molar-refractivity contribution in [3.63, 3.8) is 0 Å². The number of amides is 1. The molecule has 0 aliphatic heterocycles. The predicted octanol–water partition coefficient (Wildman–Crippen LogP) is 2.80. The van der Waals surface area contributed by atoms with Gasteiger partial charge in [-0.05, 0) is 24.3 Å². The van der Waals surface area contributed by atoms with Crippen LogP contribution in [0.5, 0.6) is 5.75 Å². The van der Waals surface area contributed by atoms with Crippen molar-refractivity contribution in [2.75, 3.05) is 12.3 Å². The highest BCUT2D eigenvalue weighted by Crippen LogP contribution is 2.19. The van der Waals surface area contributed by atoms with E-state index >= 15 is 0 Å². The molecule has 0 fully saturated rings. The van der Waals surface area contributed by atoms with Crippen LogP contribution in [0, 0.1) is 11.6 Å². The average molecular weight is 313 g/mol. The number of rotatable bonds is 6. The molecule has 0 bridgehead atoms. The van der Waals surface area contributed by atoms with E-state index in [1.165, 1.54) is 12.1 Å². The number of furan rings is 1. The summed E-state index contributed by atoms with van der Waals surface area (Å²) in [6.45, 7) is 0.359. The van der Waals surface area contributed by atoms with Crippen molar-refractivity contribution >= 4 is 18.5 Å². The second-order valence-corrected chi connectivity index (χ2v) is 4.56. The largest absolute Gasteiger partial charge is 0.483 e. The lowest BCUT2D eigenvalue weighted by Gasteiger charge is -2.05. The summed E-state index contributed by atoms with van der Waals surface area (Å²) in [5, 5.41) is 2.60. The zero-order chi connectivity index (χ0) is 15.2. The van der Waals surface area contributed by atoms with Gasteiger partial charge in [-0.3, -0.25) is 4.79 Å². The Balaban J connectivity index is 1.95. The summed E-state index contributed by atoms with van der Waals surface area (Å²) in [6.07, 6.45) is 0. The highest BCUT2D eigenvalue weighted by molar-refractivity contribution is 7.80. The highest BCUT2D eigenvalue weighted by atomic mass is 32.1. The maximum atomic E-state index is 13.4. The highest BCUT2D eigenvalue weighted by Gasteiger charge is 2.11. The molecule has 0 saturated carbocycles. The van der Waals surface area contributed by atoms with Gasteiger partial charge in [0.1, 0.15) is 18.2 Å². The van der Waals surface area contributed by atoms with E-state index in [2.05, 4.69) is 17.9 Å². The van der Waals surface area contributed by atoms with E-state index in [4.69, 9.17) is 9.15 Å². The Morgan fingerprint density at radius 1 is 1.29 bits per heavy atom. The van der Waals surface area contributed by atoms with Gasteiger partial charge in [0.25, 0.3) is 5.91 Å². The number of carbonyl (C=O) groups excluding carboxylic acids is 1. The Morgan fingerprint density at radius 3 is 2.81 bits per heavy atom. The standard InChI is InChI=1S/C14H13F2NO3S/c15-9-1-3-12(11(16)7-9)19-8-10-2-4-13(20-10)14(18)17-5-6-21/h1-4,7,21H,5-6,8H2,(H,17,18). The Morgan fingerprint density at radius 2 is 2.10 bits per heavy atom. The summed E-state index contributed by atoms with van der Waals surface area (Å²) >= 11 is 3.98. The zero-order valence-electron chi connectivity index (χ0n) is 10.9. The van der Waals surface area contributed by atoms with Crippen molar-refractivity contribution in [1.82, 2.24) is 5.32 Å². The minimum atomic E-state index is -0.798. The van der Waals surface area contributed by atoms with Crippen LogP contribution in [0.3, 0.4) is 0 Å². The third-order valence-corrected chi connectivity index (χ3v) is 2.77. The van der Waals surface area contributed by atoms with Gasteiger partial charge in [-0.1, -0.05) is 0 Å². The number of ether oxygens (including phenoxy) is 1. The number of halogens is 2. The first-order chi connectivity index (χ1) is 10.1. The number of hydrogen-bond donors (Lipinski definition) is 2. The van der Waals surface area contributed by atoms with E-state index in [-0.39, 0.29) is 24.0 Å². The molecule has 112 valence electrons. The van der Waals surface area contributed by atoms with Crippen LogP contribution < -0.4 is 10.1 Å². The molecule has 1 amide bonds. The first-order valence-corrected chi connectivity index (χ1v) is 6.79. The van der Waals surface area contributed by atoms with Crippen LogP contribution in [0.2, 0.25) is 0 Å². The van der Waals surface area contributed by atoms with Crippen molar-refractivity contribution < 1.29 is 22.7 Å². The number of benzene rings is 1. The van der Waals surface area contributed by atoms with Crippen molar-refractivity contribution in [3.8, 4) is 5.75 Å². The van der Waals surface area contributed by atoms with E-state index in [0.29, 0.717) is 18.1 Å². The van der Waals surface area contributed by atoms with Crippen LogP contribution in [0.1, 0.15) is 16.3 Å². The van der Waals surface area contributed by atoms with Gasteiger partial charge in [0.05, 0.1) is 0 Å². The van der Waals surface area contributed by atoms with Gasteiger partial charge in [0, 0.05) is 18.4 Å². The van der Waals surface area contributed by atoms with Crippen LogP contribution in [-0.4, -0.2) is 18.2 Å². The maximum absolute atomic E-state index is 13.4. The van der Waals surface area contributed by atoms with Gasteiger partial charge in [-0.2, -0.15) is 12.6 Å². The fourth-order valence-corrected chi connectivity index (χ4v) is 1.69. The third-order valence-electron chi connectivity index (χ3n) is 2.55. The van der Waals surface area contributed by atoms with Crippen LogP contribution >= 0.6 is 12.6 Å². The molecule has 0 aliphatic rings. The zero-order valence-corrected chi connectivity index (χ0v) is 11.8. The molecule has 4 nitrogen and oxygen atoms in total. The van der Waals surface area contributed by atoms with Gasteiger partial charge in [0.15, 0.2) is 17.3 Å². The van der Waals surface area contributed by atoms with Gasteiger partial charge in [-0.25, -0.2) is 8.78 Å². The van der Waals surface area contributed by atoms with Gasteiger partial charge in [-0.15, -0.1) is 0 Å². The molecule has 2 aromatic rings. The smallest absolute Gasteiger partial charge is 0.287 e. The molecule has 0 spiro atoms. The summed E-state index contributed by atoms with van der Waals surface area (Å²) in [5.41, 5.74) is 0.